The maximum atomic E-state index is 6.14. The summed E-state index contributed by atoms with van der Waals surface area (Å²) in [5.41, 5.74) is 3.19. The molecule has 28 heavy (non-hydrogen) atoms. The third-order valence-corrected chi connectivity index (χ3v) is 4.85. The summed E-state index contributed by atoms with van der Waals surface area (Å²) in [6.45, 7) is 0.795. The van der Waals surface area contributed by atoms with Crippen LogP contribution in [0.5, 0.6) is 11.5 Å². The zero-order valence-corrected chi connectivity index (χ0v) is 15.2. The van der Waals surface area contributed by atoms with Crippen LogP contribution in [0.2, 0.25) is 0 Å². The van der Waals surface area contributed by atoms with Gasteiger partial charge < -0.3 is 18.6 Å². The second-order valence-corrected chi connectivity index (χ2v) is 6.46. The number of ether oxygens (including phenoxy) is 2. The first-order valence-electron chi connectivity index (χ1n) is 8.85. The minimum Gasteiger partial charge on any atom is -0.497 e. The average Bonchev–Trinajstić information content (AvgIpc) is 3.27. The molecular weight excluding hydrogens is 353 g/mol. The van der Waals surface area contributed by atoms with Crippen LogP contribution in [0.25, 0.3) is 17.1 Å². The lowest BCUT2D eigenvalue weighted by atomic mass is 10.0. The van der Waals surface area contributed by atoms with Gasteiger partial charge in [0.25, 0.3) is 0 Å². The standard InChI is InChI=1S/C20H16BN5O2/c1-27-14-7-8-16-15(9-14)20-24-23-18(11-28-13-5-3-2-4-6-13)25(20)10-17-19(21)22-12-26(16)17/h2-9,12H,10-11H2,1H3. The number of hydrogen-bond acceptors (Lipinski definition) is 5. The summed E-state index contributed by atoms with van der Waals surface area (Å²) in [4.78, 5) is 4.29. The number of methoxy groups -OCH3 is 1. The molecule has 0 amide bonds. The van der Waals surface area contributed by atoms with Crippen molar-refractivity contribution in [2.75, 3.05) is 7.11 Å². The summed E-state index contributed by atoms with van der Waals surface area (Å²) >= 11 is 0. The van der Waals surface area contributed by atoms with Crippen molar-refractivity contribution in [3.05, 3.63) is 66.4 Å². The molecule has 2 radical (unpaired) electrons. The third-order valence-electron chi connectivity index (χ3n) is 4.85. The SMILES string of the molecule is [B]c1ncn2c1Cn1c(COc3ccccc3)nnc1-c1cc(OC)ccc1-2. The maximum Gasteiger partial charge on any atom is 0.171 e. The number of imidazole rings is 1. The highest BCUT2D eigenvalue weighted by molar-refractivity contribution is 6.31. The zero-order valence-electron chi connectivity index (χ0n) is 15.2. The Morgan fingerprint density at radius 1 is 1.07 bits per heavy atom. The molecule has 0 saturated carbocycles. The van der Waals surface area contributed by atoms with Gasteiger partial charge >= 0.3 is 0 Å². The molecule has 0 fully saturated rings. The van der Waals surface area contributed by atoms with E-state index in [2.05, 4.69) is 15.2 Å². The fourth-order valence-electron chi connectivity index (χ4n) is 3.41. The Kier molecular flexibility index (Phi) is 3.89. The summed E-state index contributed by atoms with van der Waals surface area (Å²) < 4.78 is 15.3. The molecule has 2 aromatic heterocycles. The van der Waals surface area contributed by atoms with E-state index in [1.807, 2.05) is 57.7 Å². The smallest absolute Gasteiger partial charge is 0.171 e. The molecule has 1 aliphatic heterocycles. The first-order valence-corrected chi connectivity index (χ1v) is 8.85. The maximum absolute atomic E-state index is 6.14. The van der Waals surface area contributed by atoms with Gasteiger partial charge in [-0.05, 0) is 30.3 Å². The van der Waals surface area contributed by atoms with Crippen molar-refractivity contribution >= 4 is 13.4 Å². The Morgan fingerprint density at radius 3 is 2.75 bits per heavy atom. The second kappa shape index (κ2) is 6.56. The number of aromatic nitrogens is 5. The van der Waals surface area contributed by atoms with E-state index in [0.29, 0.717) is 24.6 Å². The summed E-state index contributed by atoms with van der Waals surface area (Å²) in [7, 11) is 7.78. The largest absolute Gasteiger partial charge is 0.497 e. The van der Waals surface area contributed by atoms with E-state index < -0.39 is 0 Å². The van der Waals surface area contributed by atoms with Gasteiger partial charge in [0.2, 0.25) is 0 Å². The quantitative estimate of drug-likeness (QED) is 0.453. The van der Waals surface area contributed by atoms with Crippen LogP contribution >= 0.6 is 0 Å². The normalized spacial score (nSPS) is 11.9. The first-order chi connectivity index (χ1) is 13.7. The first kappa shape index (κ1) is 16.6. The van der Waals surface area contributed by atoms with Crippen LogP contribution in [0.4, 0.5) is 0 Å². The Hall–Kier alpha value is -3.55. The van der Waals surface area contributed by atoms with Gasteiger partial charge in [-0.1, -0.05) is 18.2 Å². The molecule has 0 bridgehead atoms. The van der Waals surface area contributed by atoms with E-state index in [1.165, 1.54) is 0 Å². The molecule has 0 saturated heterocycles. The van der Waals surface area contributed by atoms with Crippen LogP contribution in [-0.2, 0) is 13.2 Å². The molecule has 0 atom stereocenters. The van der Waals surface area contributed by atoms with E-state index in [4.69, 9.17) is 17.3 Å². The number of fused-ring (bicyclic) bond motifs is 5. The van der Waals surface area contributed by atoms with Gasteiger partial charge in [-0.3, -0.25) is 4.98 Å². The molecule has 4 aromatic rings. The molecule has 8 heteroatoms. The molecule has 5 rings (SSSR count). The highest BCUT2D eigenvalue weighted by Gasteiger charge is 2.25. The van der Waals surface area contributed by atoms with Crippen molar-refractivity contribution in [1.82, 2.24) is 24.3 Å². The third kappa shape index (κ3) is 2.65. The summed E-state index contributed by atoms with van der Waals surface area (Å²) in [5.74, 6) is 2.97. The van der Waals surface area contributed by atoms with E-state index in [-0.39, 0.29) is 0 Å². The Labute approximate surface area is 163 Å². The second-order valence-electron chi connectivity index (χ2n) is 6.46. The minimum absolute atomic E-state index is 0.296. The number of benzene rings is 2. The Morgan fingerprint density at radius 2 is 1.93 bits per heavy atom. The van der Waals surface area contributed by atoms with Crippen molar-refractivity contribution in [2.45, 2.75) is 13.2 Å². The Bertz CT molecular complexity index is 1150. The molecule has 7 nitrogen and oxygen atoms in total. The number of nitrogens with zero attached hydrogens (tertiary/aromatic N) is 5. The van der Waals surface area contributed by atoms with E-state index in [9.17, 15) is 0 Å². The van der Waals surface area contributed by atoms with Crippen LogP contribution in [-0.4, -0.2) is 39.3 Å². The molecule has 0 spiro atoms. The number of rotatable bonds is 4. The van der Waals surface area contributed by atoms with Gasteiger partial charge in [-0.25, -0.2) is 0 Å². The summed E-state index contributed by atoms with van der Waals surface area (Å²) in [6, 6.07) is 15.5. The monoisotopic (exact) mass is 369 g/mol. The van der Waals surface area contributed by atoms with Crippen LogP contribution < -0.4 is 15.1 Å². The van der Waals surface area contributed by atoms with Gasteiger partial charge in [0.05, 0.1) is 31.4 Å². The topological polar surface area (TPSA) is 67.0 Å². The Balaban J connectivity index is 1.61. The van der Waals surface area contributed by atoms with E-state index in [1.54, 1.807) is 13.4 Å². The fourth-order valence-corrected chi connectivity index (χ4v) is 3.41. The van der Waals surface area contributed by atoms with Gasteiger partial charge in [0.15, 0.2) is 11.6 Å². The molecule has 1 aliphatic rings. The number of hydrogen-bond donors (Lipinski definition) is 0. The summed E-state index contributed by atoms with van der Waals surface area (Å²) in [5, 5.41) is 8.81. The molecule has 3 heterocycles. The average molecular weight is 369 g/mol. The minimum atomic E-state index is 0.296. The van der Waals surface area contributed by atoms with Crippen molar-refractivity contribution in [3.8, 4) is 28.6 Å². The van der Waals surface area contributed by atoms with Crippen LogP contribution in [0.15, 0.2) is 54.9 Å². The van der Waals surface area contributed by atoms with Gasteiger partial charge in [0.1, 0.15) is 26.0 Å². The molecule has 0 unspecified atom stereocenters. The van der Waals surface area contributed by atoms with Gasteiger partial charge in [-0.2, -0.15) is 0 Å². The highest BCUT2D eigenvalue weighted by Crippen LogP contribution is 2.33. The number of para-hydroxylation sites is 1. The molecule has 2 aromatic carbocycles. The van der Waals surface area contributed by atoms with E-state index >= 15 is 0 Å². The lowest BCUT2D eigenvalue weighted by molar-refractivity contribution is 0.290. The predicted octanol–water partition coefficient (Wildman–Crippen LogP) is 1.87. The van der Waals surface area contributed by atoms with Gasteiger partial charge in [0, 0.05) is 11.2 Å². The zero-order chi connectivity index (χ0) is 19.1. The van der Waals surface area contributed by atoms with Crippen molar-refractivity contribution in [2.24, 2.45) is 0 Å². The molecule has 0 aliphatic carbocycles. The predicted molar refractivity (Wildman–Crippen MR) is 104 cm³/mol. The molecule has 0 N–H and O–H groups in total. The van der Waals surface area contributed by atoms with Crippen molar-refractivity contribution < 1.29 is 9.47 Å². The highest BCUT2D eigenvalue weighted by atomic mass is 16.5. The molecule has 136 valence electrons. The lowest BCUT2D eigenvalue weighted by Crippen LogP contribution is -2.17. The van der Waals surface area contributed by atoms with Crippen LogP contribution in [0, 0.1) is 0 Å². The van der Waals surface area contributed by atoms with Crippen molar-refractivity contribution in [3.63, 3.8) is 0 Å². The molecular formula is C20H16BN5O2. The summed E-state index contributed by atoms with van der Waals surface area (Å²) in [6.07, 6.45) is 1.73. The van der Waals surface area contributed by atoms with Crippen LogP contribution in [0.3, 0.4) is 0 Å². The van der Waals surface area contributed by atoms with E-state index in [0.717, 1.165) is 34.3 Å². The lowest BCUT2D eigenvalue weighted by Gasteiger charge is -2.10. The van der Waals surface area contributed by atoms with Crippen LogP contribution in [0.1, 0.15) is 11.5 Å². The van der Waals surface area contributed by atoms with Crippen molar-refractivity contribution in [1.29, 1.82) is 0 Å². The fraction of sp³-hybridized carbons (Fsp3) is 0.150. The van der Waals surface area contributed by atoms with Gasteiger partial charge in [-0.15, -0.1) is 10.2 Å².